The molecule has 1 aliphatic rings. The molecule has 1 saturated heterocycles. The molecule has 1 rings (SSSR count). The number of aliphatic carboxylic acids is 1. The Kier molecular flexibility index (Phi) is 10.9. The fourth-order valence-electron chi connectivity index (χ4n) is 3.36. The molecule has 1 aliphatic heterocycles. The Bertz CT molecular complexity index is 710. The number of amides is 3. The van der Waals surface area contributed by atoms with Gasteiger partial charge < -0.3 is 42.9 Å². The van der Waals surface area contributed by atoms with Gasteiger partial charge in [-0.1, -0.05) is 13.8 Å². The molecule has 0 saturated carbocycles. The molecule has 4 unspecified atom stereocenters. The molecule has 0 radical (unpaired) electrons. The number of guanidine groups is 1. The van der Waals surface area contributed by atoms with Crippen molar-refractivity contribution in [1.82, 2.24) is 15.5 Å². The highest BCUT2D eigenvalue weighted by atomic mass is 16.4. The SMILES string of the molecule is CC(C)C(NC(=O)C(N)CCCN=C(N)N)C(=O)N1CCCC1C(=O)NC(CO)C(=O)O. The van der Waals surface area contributed by atoms with Crippen LogP contribution < -0.4 is 27.8 Å². The second kappa shape index (κ2) is 12.8. The summed E-state index contributed by atoms with van der Waals surface area (Å²) in [5.41, 5.74) is 16.4. The molecule has 13 heteroatoms. The highest BCUT2D eigenvalue weighted by Crippen LogP contribution is 2.20. The summed E-state index contributed by atoms with van der Waals surface area (Å²) in [6.07, 6.45) is 1.69. The summed E-state index contributed by atoms with van der Waals surface area (Å²) in [5, 5.41) is 23.1. The maximum Gasteiger partial charge on any atom is 0.328 e. The molecule has 4 atom stereocenters. The molecule has 182 valence electrons. The predicted octanol–water partition coefficient (Wildman–Crippen LogP) is -2.94. The average Bonchev–Trinajstić information content (AvgIpc) is 3.21. The van der Waals surface area contributed by atoms with Gasteiger partial charge in [0, 0.05) is 13.1 Å². The van der Waals surface area contributed by atoms with Crippen molar-refractivity contribution >= 4 is 29.7 Å². The number of carboxylic acid groups (broad SMARTS) is 1. The number of hydrogen-bond acceptors (Lipinski definition) is 7. The molecule has 0 aliphatic carbocycles. The number of rotatable bonds is 12. The van der Waals surface area contributed by atoms with Gasteiger partial charge in [0.2, 0.25) is 17.7 Å². The Morgan fingerprint density at radius 2 is 1.84 bits per heavy atom. The molecule has 1 fully saturated rings. The molecule has 32 heavy (non-hydrogen) atoms. The van der Waals surface area contributed by atoms with Crippen molar-refractivity contribution in [2.24, 2.45) is 28.1 Å². The Morgan fingerprint density at radius 3 is 2.38 bits per heavy atom. The smallest absolute Gasteiger partial charge is 0.328 e. The van der Waals surface area contributed by atoms with E-state index in [4.69, 9.17) is 27.4 Å². The minimum atomic E-state index is -1.46. The number of aliphatic hydroxyl groups excluding tert-OH is 1. The third kappa shape index (κ3) is 7.96. The Morgan fingerprint density at radius 1 is 1.19 bits per heavy atom. The molecule has 0 spiro atoms. The summed E-state index contributed by atoms with van der Waals surface area (Å²) in [5.74, 6) is -3.33. The molecular weight excluding hydrogens is 422 g/mol. The van der Waals surface area contributed by atoms with E-state index >= 15 is 0 Å². The Labute approximate surface area is 186 Å². The Balaban J connectivity index is 2.79. The third-order valence-corrected chi connectivity index (χ3v) is 5.17. The minimum Gasteiger partial charge on any atom is -0.480 e. The van der Waals surface area contributed by atoms with Crippen LogP contribution in [0.5, 0.6) is 0 Å². The number of aliphatic hydroxyl groups is 1. The van der Waals surface area contributed by atoms with Gasteiger partial charge in [-0.2, -0.15) is 0 Å². The van der Waals surface area contributed by atoms with Crippen LogP contribution in [-0.4, -0.2) is 88.6 Å². The summed E-state index contributed by atoms with van der Waals surface area (Å²) in [6, 6.07) is -4.12. The summed E-state index contributed by atoms with van der Waals surface area (Å²) in [6.45, 7) is 3.35. The van der Waals surface area contributed by atoms with Crippen LogP contribution in [0.4, 0.5) is 0 Å². The van der Waals surface area contributed by atoms with Crippen molar-refractivity contribution in [2.45, 2.75) is 63.7 Å². The lowest BCUT2D eigenvalue weighted by atomic mass is 10.0. The van der Waals surface area contributed by atoms with Crippen molar-refractivity contribution < 1.29 is 29.4 Å². The third-order valence-electron chi connectivity index (χ3n) is 5.17. The number of nitrogens with zero attached hydrogens (tertiary/aromatic N) is 2. The van der Waals surface area contributed by atoms with Gasteiger partial charge >= 0.3 is 5.97 Å². The lowest BCUT2D eigenvalue weighted by molar-refractivity contribution is -0.146. The maximum atomic E-state index is 13.2. The molecular formula is C19H35N7O6. The molecule has 3 amide bonds. The van der Waals surface area contributed by atoms with Gasteiger partial charge in [-0.25, -0.2) is 4.79 Å². The standard InChI is InChI=1S/C19H35N7O6/c1-10(2)14(25-15(28)11(20)5-3-7-23-19(21)22)17(30)26-8-4-6-13(26)16(29)24-12(9-27)18(31)32/h10-14,27H,3-9,20H2,1-2H3,(H,24,29)(H,25,28)(H,31,32)(H4,21,22,23). The van der Waals surface area contributed by atoms with Gasteiger partial charge in [0.15, 0.2) is 5.96 Å². The van der Waals surface area contributed by atoms with Gasteiger partial charge in [0.05, 0.1) is 12.6 Å². The molecule has 0 aromatic carbocycles. The first-order valence-electron chi connectivity index (χ1n) is 10.5. The van der Waals surface area contributed by atoms with Crippen molar-refractivity contribution in [2.75, 3.05) is 19.7 Å². The zero-order chi connectivity index (χ0) is 24.4. The second-order valence-corrected chi connectivity index (χ2v) is 8.06. The van der Waals surface area contributed by atoms with Crippen LogP contribution in [0, 0.1) is 5.92 Å². The van der Waals surface area contributed by atoms with Crippen LogP contribution in [0.25, 0.3) is 0 Å². The largest absolute Gasteiger partial charge is 0.480 e. The van der Waals surface area contributed by atoms with E-state index < -0.39 is 54.5 Å². The van der Waals surface area contributed by atoms with E-state index in [0.29, 0.717) is 32.2 Å². The number of carbonyl (C=O) groups excluding carboxylic acids is 3. The van der Waals surface area contributed by atoms with E-state index in [0.717, 1.165) is 0 Å². The minimum absolute atomic E-state index is 0.0497. The normalized spacial score (nSPS) is 18.5. The van der Waals surface area contributed by atoms with E-state index in [9.17, 15) is 19.2 Å². The summed E-state index contributed by atoms with van der Waals surface area (Å²) < 4.78 is 0. The van der Waals surface area contributed by atoms with Gasteiger partial charge in [-0.15, -0.1) is 0 Å². The quantitative estimate of drug-likeness (QED) is 0.0902. The van der Waals surface area contributed by atoms with Gasteiger partial charge in [0.1, 0.15) is 18.1 Å². The summed E-state index contributed by atoms with van der Waals surface area (Å²) in [7, 11) is 0. The average molecular weight is 458 g/mol. The number of nitrogens with two attached hydrogens (primary N) is 3. The first kappa shape index (κ1) is 27.1. The number of likely N-dealkylation sites (tertiary alicyclic amines) is 1. The lowest BCUT2D eigenvalue weighted by Crippen LogP contribution is -2.58. The highest BCUT2D eigenvalue weighted by molar-refractivity contribution is 5.94. The van der Waals surface area contributed by atoms with Crippen LogP contribution in [0.3, 0.4) is 0 Å². The first-order valence-corrected chi connectivity index (χ1v) is 10.5. The topological polar surface area (TPSA) is 226 Å². The molecule has 0 bridgehead atoms. The van der Waals surface area contributed by atoms with Crippen LogP contribution in [0.2, 0.25) is 0 Å². The van der Waals surface area contributed by atoms with E-state index in [1.54, 1.807) is 13.8 Å². The van der Waals surface area contributed by atoms with E-state index in [1.807, 2.05) is 0 Å². The van der Waals surface area contributed by atoms with Gasteiger partial charge in [-0.05, 0) is 31.6 Å². The lowest BCUT2D eigenvalue weighted by Gasteiger charge is -2.31. The van der Waals surface area contributed by atoms with Crippen molar-refractivity contribution in [1.29, 1.82) is 0 Å². The van der Waals surface area contributed by atoms with Gasteiger partial charge in [0.25, 0.3) is 0 Å². The van der Waals surface area contributed by atoms with Crippen molar-refractivity contribution in [3.05, 3.63) is 0 Å². The predicted molar refractivity (Wildman–Crippen MR) is 116 cm³/mol. The number of hydrogen-bond donors (Lipinski definition) is 7. The van der Waals surface area contributed by atoms with Crippen LogP contribution in [-0.2, 0) is 19.2 Å². The van der Waals surface area contributed by atoms with Gasteiger partial charge in [-0.3, -0.25) is 19.4 Å². The molecule has 0 aromatic heterocycles. The first-order chi connectivity index (χ1) is 15.0. The van der Waals surface area contributed by atoms with E-state index in [-0.39, 0.29) is 18.4 Å². The van der Waals surface area contributed by atoms with E-state index in [2.05, 4.69) is 15.6 Å². The summed E-state index contributed by atoms with van der Waals surface area (Å²) in [4.78, 5) is 54.4. The van der Waals surface area contributed by atoms with Crippen LogP contribution in [0.1, 0.15) is 39.5 Å². The molecule has 10 N–H and O–H groups in total. The van der Waals surface area contributed by atoms with Crippen molar-refractivity contribution in [3.8, 4) is 0 Å². The van der Waals surface area contributed by atoms with E-state index in [1.165, 1.54) is 4.90 Å². The van der Waals surface area contributed by atoms with Crippen LogP contribution >= 0.6 is 0 Å². The molecule has 0 aromatic rings. The maximum absolute atomic E-state index is 13.2. The molecule has 13 nitrogen and oxygen atoms in total. The number of carboxylic acids is 1. The monoisotopic (exact) mass is 457 g/mol. The zero-order valence-corrected chi connectivity index (χ0v) is 18.5. The number of nitrogens with one attached hydrogen (secondary N) is 2. The zero-order valence-electron chi connectivity index (χ0n) is 18.5. The van der Waals surface area contributed by atoms with Crippen molar-refractivity contribution in [3.63, 3.8) is 0 Å². The number of carbonyl (C=O) groups is 4. The van der Waals surface area contributed by atoms with Crippen LogP contribution in [0.15, 0.2) is 4.99 Å². The number of aliphatic imine (C=N–C) groups is 1. The fraction of sp³-hybridized carbons (Fsp3) is 0.737. The second-order valence-electron chi connectivity index (χ2n) is 8.06. The Hall–Kier alpha value is -2.93. The summed E-state index contributed by atoms with van der Waals surface area (Å²) >= 11 is 0. The fourth-order valence-corrected chi connectivity index (χ4v) is 3.36. The highest BCUT2D eigenvalue weighted by Gasteiger charge is 2.39. The molecule has 1 heterocycles.